The molecule has 0 saturated carbocycles. The summed E-state index contributed by atoms with van der Waals surface area (Å²) in [6.45, 7) is 4.46. The van der Waals surface area contributed by atoms with Crippen molar-refractivity contribution in [1.29, 1.82) is 0 Å². The first-order chi connectivity index (χ1) is 14.2. The molecule has 1 unspecified atom stereocenters. The highest BCUT2D eigenvalue weighted by molar-refractivity contribution is 7.99. The van der Waals surface area contributed by atoms with Crippen LogP contribution in [0, 0.1) is 12.8 Å². The maximum absolute atomic E-state index is 4.66. The summed E-state index contributed by atoms with van der Waals surface area (Å²) >= 11 is 3.43. The third-order valence-corrected chi connectivity index (χ3v) is 7.93. The van der Waals surface area contributed by atoms with Crippen LogP contribution in [0.25, 0.3) is 26.8 Å². The van der Waals surface area contributed by atoms with E-state index in [0.717, 1.165) is 44.9 Å². The lowest BCUT2D eigenvalue weighted by molar-refractivity contribution is 0.509. The van der Waals surface area contributed by atoms with Crippen LogP contribution >= 0.6 is 23.1 Å². The number of hydrogen-bond acceptors (Lipinski definition) is 6. The predicted octanol–water partition coefficient (Wildman–Crippen LogP) is 5.47. The van der Waals surface area contributed by atoms with Gasteiger partial charge in [-0.05, 0) is 67.1 Å². The zero-order chi connectivity index (χ0) is 19.5. The molecule has 7 heteroatoms. The van der Waals surface area contributed by atoms with Crippen LogP contribution in [0.2, 0.25) is 0 Å². The molecule has 0 amide bonds. The minimum Gasteiger partial charge on any atom is -0.270 e. The molecule has 144 valence electrons. The number of nitrogens with zero attached hydrogens (tertiary/aromatic N) is 5. The highest BCUT2D eigenvalue weighted by atomic mass is 32.2. The van der Waals surface area contributed by atoms with Gasteiger partial charge in [0.1, 0.15) is 16.2 Å². The molecule has 6 rings (SSSR count). The van der Waals surface area contributed by atoms with E-state index in [2.05, 4.69) is 68.7 Å². The Morgan fingerprint density at radius 1 is 1.17 bits per heavy atom. The number of rotatable bonds is 2. The maximum Gasteiger partial charge on any atom is 0.202 e. The molecule has 4 aromatic heterocycles. The number of benzene rings is 1. The second-order valence-electron chi connectivity index (χ2n) is 7.83. The Morgan fingerprint density at radius 3 is 3.00 bits per heavy atom. The van der Waals surface area contributed by atoms with E-state index in [1.165, 1.54) is 33.2 Å². The molecule has 1 aromatic carbocycles. The van der Waals surface area contributed by atoms with Crippen LogP contribution in [0.1, 0.15) is 29.3 Å². The fourth-order valence-electron chi connectivity index (χ4n) is 4.35. The third-order valence-electron chi connectivity index (χ3n) is 5.82. The molecule has 0 aliphatic heterocycles. The van der Waals surface area contributed by atoms with Crippen LogP contribution < -0.4 is 0 Å². The van der Waals surface area contributed by atoms with E-state index in [4.69, 9.17) is 0 Å². The topological polar surface area (TPSA) is 56.0 Å². The van der Waals surface area contributed by atoms with Crippen molar-refractivity contribution in [2.75, 3.05) is 0 Å². The highest BCUT2D eigenvalue weighted by Crippen LogP contribution is 2.42. The summed E-state index contributed by atoms with van der Waals surface area (Å²) < 4.78 is 2.14. The molecule has 1 aliphatic rings. The molecular weight excluding hydrogens is 398 g/mol. The first-order valence-electron chi connectivity index (χ1n) is 9.85. The molecule has 29 heavy (non-hydrogen) atoms. The average molecular weight is 418 g/mol. The molecule has 0 N–H and O–H groups in total. The van der Waals surface area contributed by atoms with Gasteiger partial charge in [-0.25, -0.2) is 9.97 Å². The SMILES string of the molecule is Cc1cc2nnc(Sc3ncnc4sc5c(c34)CCC(C)C5)n2c2ccccc12. The number of hydrogen-bond donors (Lipinski definition) is 0. The van der Waals surface area contributed by atoms with Crippen molar-refractivity contribution in [3.05, 3.63) is 52.7 Å². The molecule has 0 saturated heterocycles. The number of pyridine rings is 1. The van der Waals surface area contributed by atoms with Gasteiger partial charge in [0.25, 0.3) is 0 Å². The minimum absolute atomic E-state index is 0.745. The van der Waals surface area contributed by atoms with E-state index >= 15 is 0 Å². The number of thiophene rings is 1. The van der Waals surface area contributed by atoms with E-state index in [1.807, 2.05) is 11.3 Å². The summed E-state index contributed by atoms with van der Waals surface area (Å²) in [5.74, 6) is 0.745. The quantitative estimate of drug-likeness (QED) is 0.356. The van der Waals surface area contributed by atoms with Gasteiger partial charge in [0.2, 0.25) is 5.16 Å². The summed E-state index contributed by atoms with van der Waals surface area (Å²) in [5.41, 5.74) is 4.65. The van der Waals surface area contributed by atoms with E-state index in [-0.39, 0.29) is 0 Å². The summed E-state index contributed by atoms with van der Waals surface area (Å²) in [4.78, 5) is 11.8. The Hall–Kier alpha value is -2.51. The summed E-state index contributed by atoms with van der Waals surface area (Å²) in [6.07, 6.45) is 5.18. The zero-order valence-electron chi connectivity index (χ0n) is 16.2. The van der Waals surface area contributed by atoms with Gasteiger partial charge in [0, 0.05) is 15.6 Å². The lowest BCUT2D eigenvalue weighted by Crippen LogP contribution is -2.08. The molecule has 1 atom stereocenters. The van der Waals surface area contributed by atoms with Crippen molar-refractivity contribution in [3.63, 3.8) is 0 Å². The molecule has 4 heterocycles. The van der Waals surface area contributed by atoms with Gasteiger partial charge in [0.15, 0.2) is 5.65 Å². The van der Waals surface area contributed by atoms with E-state index in [9.17, 15) is 0 Å². The fraction of sp³-hybridized carbons (Fsp3) is 0.273. The van der Waals surface area contributed by atoms with Crippen molar-refractivity contribution in [2.24, 2.45) is 5.92 Å². The largest absolute Gasteiger partial charge is 0.270 e. The van der Waals surface area contributed by atoms with Gasteiger partial charge in [-0.15, -0.1) is 21.5 Å². The molecule has 5 aromatic rings. The summed E-state index contributed by atoms with van der Waals surface area (Å²) in [7, 11) is 0. The molecule has 5 nitrogen and oxygen atoms in total. The molecule has 0 spiro atoms. The standard InChI is InChI=1S/C22H19N5S2/c1-12-7-8-15-17(9-12)28-20-19(15)21(24-11-23-20)29-22-26-25-18-10-13(2)14-5-3-4-6-16(14)27(18)22/h3-6,10-12H,7-9H2,1-2H3. The molecular formula is C22H19N5S2. The van der Waals surface area contributed by atoms with E-state index in [0.29, 0.717) is 0 Å². The minimum atomic E-state index is 0.745. The van der Waals surface area contributed by atoms with Crippen molar-refractivity contribution >= 4 is 49.9 Å². The Morgan fingerprint density at radius 2 is 2.07 bits per heavy atom. The van der Waals surface area contributed by atoms with Crippen LogP contribution in [-0.2, 0) is 12.8 Å². The van der Waals surface area contributed by atoms with Gasteiger partial charge in [0.05, 0.1) is 5.52 Å². The average Bonchev–Trinajstić information content (AvgIpc) is 3.29. The monoisotopic (exact) mass is 417 g/mol. The summed E-state index contributed by atoms with van der Waals surface area (Å²) in [6, 6.07) is 10.5. The molecule has 0 radical (unpaired) electrons. The molecule has 0 bridgehead atoms. The Kier molecular flexibility index (Phi) is 3.89. The lowest BCUT2D eigenvalue weighted by atomic mass is 9.89. The van der Waals surface area contributed by atoms with Crippen molar-refractivity contribution in [2.45, 2.75) is 43.3 Å². The van der Waals surface area contributed by atoms with E-state index < -0.39 is 0 Å². The zero-order valence-corrected chi connectivity index (χ0v) is 17.8. The Labute approximate surface area is 176 Å². The van der Waals surface area contributed by atoms with Crippen LogP contribution in [0.4, 0.5) is 0 Å². The summed E-state index contributed by atoms with van der Waals surface area (Å²) in [5, 5.41) is 13.2. The van der Waals surface area contributed by atoms with Crippen LogP contribution in [-0.4, -0.2) is 24.6 Å². The maximum atomic E-state index is 4.66. The smallest absolute Gasteiger partial charge is 0.202 e. The number of aryl methyl sites for hydroxylation is 2. The normalized spacial score (nSPS) is 16.7. The first kappa shape index (κ1) is 17.4. The third kappa shape index (κ3) is 2.68. The fourth-order valence-corrected chi connectivity index (χ4v) is 6.73. The van der Waals surface area contributed by atoms with E-state index in [1.54, 1.807) is 18.1 Å². The highest BCUT2D eigenvalue weighted by Gasteiger charge is 2.24. The second kappa shape index (κ2) is 6.50. The first-order valence-corrected chi connectivity index (χ1v) is 11.5. The van der Waals surface area contributed by atoms with Gasteiger partial charge in [-0.1, -0.05) is 25.1 Å². The number of fused-ring (bicyclic) bond motifs is 6. The van der Waals surface area contributed by atoms with Gasteiger partial charge >= 0.3 is 0 Å². The predicted molar refractivity (Wildman–Crippen MR) is 118 cm³/mol. The number of aromatic nitrogens is 5. The van der Waals surface area contributed by atoms with Gasteiger partial charge in [-0.3, -0.25) is 4.40 Å². The van der Waals surface area contributed by atoms with Gasteiger partial charge in [-0.2, -0.15) is 0 Å². The molecule has 1 aliphatic carbocycles. The van der Waals surface area contributed by atoms with Crippen LogP contribution in [0.5, 0.6) is 0 Å². The van der Waals surface area contributed by atoms with Crippen LogP contribution in [0.15, 0.2) is 46.8 Å². The second-order valence-corrected chi connectivity index (χ2v) is 9.87. The van der Waals surface area contributed by atoms with Crippen molar-refractivity contribution in [1.82, 2.24) is 24.6 Å². The molecule has 0 fully saturated rings. The van der Waals surface area contributed by atoms with Crippen LogP contribution in [0.3, 0.4) is 0 Å². The van der Waals surface area contributed by atoms with Gasteiger partial charge < -0.3 is 0 Å². The van der Waals surface area contributed by atoms with Crippen molar-refractivity contribution in [3.8, 4) is 0 Å². The Bertz CT molecular complexity index is 1400. The lowest BCUT2D eigenvalue weighted by Gasteiger charge is -2.18. The number of para-hydroxylation sites is 1. The van der Waals surface area contributed by atoms with Crippen molar-refractivity contribution < 1.29 is 0 Å². The Balaban J connectivity index is 1.54.